The lowest BCUT2D eigenvalue weighted by atomic mass is 10.1. The van der Waals surface area contributed by atoms with Crippen molar-refractivity contribution in [2.45, 2.75) is 0 Å². The highest BCUT2D eigenvalue weighted by molar-refractivity contribution is 6.60. The van der Waals surface area contributed by atoms with Crippen LogP contribution in [0, 0.1) is 0 Å². The van der Waals surface area contributed by atoms with Gasteiger partial charge in [0.1, 0.15) is 17.2 Å². The van der Waals surface area contributed by atoms with Gasteiger partial charge in [0.25, 0.3) is 0 Å². The number of carbonyl (C=O) groups excluding carboxylic acids is 1. The minimum atomic E-state index is -1.11. The quantitative estimate of drug-likeness (QED) is 0.207. The van der Waals surface area contributed by atoms with Crippen LogP contribution >= 0.6 is 0 Å². The Labute approximate surface area is 169 Å². The monoisotopic (exact) mass is 397 g/mol. The summed E-state index contributed by atoms with van der Waals surface area (Å²) in [4.78, 5) is 30.1. The molecule has 0 saturated carbocycles. The molecule has 0 aliphatic heterocycles. The van der Waals surface area contributed by atoms with Gasteiger partial charge in [0.05, 0.1) is 13.1 Å². The van der Waals surface area contributed by atoms with Crippen molar-refractivity contribution in [3.63, 3.8) is 0 Å². The molecule has 0 heterocycles. The molecule has 2 aromatic carbocycles. The Kier molecular flexibility index (Phi) is 7.22. The van der Waals surface area contributed by atoms with E-state index < -0.39 is 18.4 Å². The minimum absolute atomic E-state index is 0.0156. The van der Waals surface area contributed by atoms with E-state index in [2.05, 4.69) is 15.3 Å². The predicted octanol–water partition coefficient (Wildman–Crippen LogP) is 1.53. The number of phenols is 2. The summed E-state index contributed by atoms with van der Waals surface area (Å²) in [7, 11) is 0.643. The van der Waals surface area contributed by atoms with Gasteiger partial charge in [-0.3, -0.25) is 14.8 Å². The lowest BCUT2D eigenvalue weighted by molar-refractivity contribution is -0.139. The van der Waals surface area contributed by atoms with E-state index in [1.807, 2.05) is 0 Å². The van der Waals surface area contributed by atoms with Crippen molar-refractivity contribution in [2.24, 2.45) is 9.98 Å². The molecule has 29 heavy (non-hydrogen) atoms. The first-order chi connectivity index (χ1) is 14.4. The van der Waals surface area contributed by atoms with Gasteiger partial charge in [0.2, 0.25) is 7.81 Å². The van der Waals surface area contributed by atoms with Gasteiger partial charge in [-0.1, -0.05) is 0 Å². The van der Waals surface area contributed by atoms with Crippen LogP contribution in [0.3, 0.4) is 0 Å². The number of hydrogen-bond acceptors (Lipinski definition) is 7. The van der Waals surface area contributed by atoms with E-state index in [1.54, 1.807) is 0 Å². The Balaban J connectivity index is 1.91. The zero-order chi connectivity index (χ0) is 21.9. The molecule has 1 amide bonds. The predicted molar refractivity (Wildman–Crippen MR) is 110 cm³/mol. The van der Waals surface area contributed by atoms with Crippen molar-refractivity contribution in [2.75, 3.05) is 25.0 Å². The van der Waals surface area contributed by atoms with Gasteiger partial charge in [-0.25, -0.2) is 4.79 Å². The van der Waals surface area contributed by atoms with Crippen molar-refractivity contribution in [1.29, 1.82) is 1.34 Å². The molecule has 0 unspecified atom stereocenters. The minimum Gasteiger partial charge on any atom is -0.507 e. The zero-order valence-electron chi connectivity index (χ0n) is 16.3. The summed E-state index contributed by atoms with van der Waals surface area (Å²) >= 11 is 0. The zero-order valence-corrected chi connectivity index (χ0v) is 15.3. The Morgan fingerprint density at radius 1 is 1.07 bits per heavy atom. The number of amides is 1. The molecule has 1 radical (unpaired) electrons. The number of ether oxygens (including phenoxy) is 1. The van der Waals surface area contributed by atoms with E-state index in [0.717, 1.165) is 0 Å². The Morgan fingerprint density at radius 2 is 1.69 bits per heavy atom. The third kappa shape index (κ3) is 7.37. The molecule has 0 bridgehead atoms. The molecule has 9 nitrogen and oxygen atoms in total. The summed E-state index contributed by atoms with van der Waals surface area (Å²) in [5, 5.41) is 30.8. The average molecular weight is 397 g/mol. The molecule has 4 N–H and O–H groups in total. The summed E-state index contributed by atoms with van der Waals surface area (Å²) in [5.41, 5.74) is 1.18. The Hall–Kier alpha value is -3.82. The van der Waals surface area contributed by atoms with Crippen LogP contribution in [0.4, 0.5) is 10.5 Å². The number of anilines is 1. The fourth-order valence-corrected chi connectivity index (χ4v) is 2.19. The van der Waals surface area contributed by atoms with Crippen molar-refractivity contribution in [3.8, 4) is 17.2 Å². The van der Waals surface area contributed by atoms with Crippen LogP contribution in [0.2, 0.25) is 0 Å². The van der Waals surface area contributed by atoms with Gasteiger partial charge in [0, 0.05) is 29.2 Å². The molecule has 0 fully saturated rings. The lowest BCUT2D eigenvalue weighted by Gasteiger charge is -2.05. The topological polar surface area (TPSA) is 141 Å². The van der Waals surface area contributed by atoms with E-state index in [0.29, 0.717) is 43.5 Å². The highest BCUT2D eigenvalue weighted by atomic mass is 16.5. The number of hydrogen-bond donors (Lipinski definition) is 4. The maximum absolute atomic E-state index is 11.2. The number of benzene rings is 2. The van der Waals surface area contributed by atoms with Crippen LogP contribution in [0.25, 0.3) is 0 Å². The molecule has 2 rings (SSSR count). The van der Waals surface area contributed by atoms with E-state index >= 15 is 0 Å². The number of aromatic hydroxyl groups is 2. The first-order valence-electron chi connectivity index (χ1n) is 8.99. The number of nitrogens with zero attached hydrogens (tertiary/aromatic N) is 2. The van der Waals surface area contributed by atoms with E-state index in [4.69, 9.17) is 11.2 Å². The summed E-state index contributed by atoms with van der Waals surface area (Å²) in [5.74, 6) is -1.44. The molecule has 0 saturated heterocycles. The lowest BCUT2D eigenvalue weighted by Crippen LogP contribution is -2.09. The number of phenolic OH excluding ortho intramolecular Hbond substituents is 2. The molecule has 149 valence electrons. The summed E-state index contributed by atoms with van der Waals surface area (Å²) in [6, 6.07) is 8.72. The largest absolute Gasteiger partial charge is 0.507 e. The smallest absolute Gasteiger partial charge is 0.341 e. The Bertz CT molecular complexity index is 967. The number of nitrogens with one attached hydrogen (secondary N) is 1. The van der Waals surface area contributed by atoms with Gasteiger partial charge in [-0.15, -0.1) is 0 Å². The Morgan fingerprint density at radius 3 is 2.31 bits per heavy atom. The van der Waals surface area contributed by atoms with Gasteiger partial charge in [-0.2, -0.15) is 0 Å². The highest BCUT2D eigenvalue weighted by Crippen LogP contribution is 2.22. The second-order valence-electron chi connectivity index (χ2n) is 5.74. The van der Waals surface area contributed by atoms with Crippen LogP contribution in [0.1, 0.15) is 11.1 Å². The number of carboxylic acids is 1. The SMILES string of the molecule is [2H][B]C(=O)Nc1ccc(O)c(C=NCCN=Cc2cc(OCC(=O)O)ccc2O)c1. The maximum atomic E-state index is 11.2. The van der Waals surface area contributed by atoms with E-state index in [9.17, 15) is 19.8 Å². The second kappa shape index (κ2) is 10.5. The normalized spacial score (nSPS) is 11.4. The third-order valence-electron chi connectivity index (χ3n) is 3.48. The van der Waals surface area contributed by atoms with Crippen molar-refractivity contribution in [1.82, 2.24) is 0 Å². The highest BCUT2D eigenvalue weighted by Gasteiger charge is 2.04. The standard InChI is InChI=1S/C19H19BN3O6/c20-19(28)23-14-1-3-16(24)12(7-14)9-21-5-6-22-10-13-8-15(2-4-17(13)25)29-11-18(26)27/h1-4,7-10,20,24-25H,5-6,11H2,(H,23,28)(H,26,27)/i20D. The molecular formula is C19H19BN3O6. The number of aliphatic carboxylic acids is 1. The average Bonchev–Trinajstić information content (AvgIpc) is 2.72. The van der Waals surface area contributed by atoms with Crippen molar-refractivity contribution in [3.05, 3.63) is 47.5 Å². The number of carbonyl (C=O) groups is 2. The first kappa shape index (κ1) is 19.9. The van der Waals surface area contributed by atoms with Gasteiger partial charge < -0.3 is 25.4 Å². The van der Waals surface area contributed by atoms with Crippen LogP contribution in [0.5, 0.6) is 17.2 Å². The summed E-state index contributed by atoms with van der Waals surface area (Å²) < 4.78 is 11.9. The fourth-order valence-electron chi connectivity index (χ4n) is 2.19. The van der Waals surface area contributed by atoms with Crippen molar-refractivity contribution >= 4 is 37.7 Å². The summed E-state index contributed by atoms with van der Waals surface area (Å²) in [6.07, 6.45) is 2.85. The van der Waals surface area contributed by atoms with Crippen LogP contribution in [0.15, 0.2) is 46.4 Å². The van der Waals surface area contributed by atoms with Crippen molar-refractivity contribution < 1.29 is 29.6 Å². The van der Waals surface area contributed by atoms with Crippen LogP contribution in [-0.4, -0.2) is 68.4 Å². The van der Waals surface area contributed by atoms with Gasteiger partial charge in [-0.05, 0) is 37.7 Å². The maximum Gasteiger partial charge on any atom is 0.341 e. The number of carboxylic acid groups (broad SMARTS) is 1. The number of rotatable bonds is 10. The molecule has 0 aromatic heterocycles. The van der Waals surface area contributed by atoms with E-state index in [1.165, 1.54) is 48.8 Å². The van der Waals surface area contributed by atoms with Gasteiger partial charge in [0.15, 0.2) is 12.4 Å². The molecule has 2 aromatic rings. The molecular weight excluding hydrogens is 377 g/mol. The first-order valence-corrected chi connectivity index (χ1v) is 8.42. The number of aliphatic imine (C=N–C) groups is 2. The molecule has 0 aliphatic carbocycles. The van der Waals surface area contributed by atoms with Gasteiger partial charge >= 0.3 is 5.97 Å². The molecule has 0 atom stereocenters. The van der Waals surface area contributed by atoms with Crippen LogP contribution in [-0.2, 0) is 4.79 Å². The summed E-state index contributed by atoms with van der Waals surface area (Å²) in [6.45, 7) is 0.0965. The van der Waals surface area contributed by atoms with Crippen LogP contribution < -0.4 is 10.1 Å². The molecule has 0 aliphatic rings. The molecule has 10 heteroatoms. The third-order valence-corrected chi connectivity index (χ3v) is 3.48. The second-order valence-corrected chi connectivity index (χ2v) is 5.74. The fraction of sp³-hybridized carbons (Fsp3) is 0.158. The molecule has 0 spiro atoms. The van der Waals surface area contributed by atoms with E-state index in [-0.39, 0.29) is 11.5 Å².